The summed E-state index contributed by atoms with van der Waals surface area (Å²) in [7, 11) is 0. The van der Waals surface area contributed by atoms with E-state index in [9.17, 15) is 9.59 Å². The summed E-state index contributed by atoms with van der Waals surface area (Å²) >= 11 is 1.26. The molecule has 0 saturated carbocycles. The normalized spacial score (nSPS) is 10.7. The molecule has 0 aliphatic carbocycles. The van der Waals surface area contributed by atoms with Crippen molar-refractivity contribution in [2.75, 3.05) is 24.2 Å². The summed E-state index contributed by atoms with van der Waals surface area (Å²) in [6.45, 7) is 9.25. The van der Waals surface area contributed by atoms with Crippen LogP contribution >= 0.6 is 11.8 Å². The van der Waals surface area contributed by atoms with Gasteiger partial charge in [-0.05, 0) is 74.0 Å². The first-order chi connectivity index (χ1) is 14.9. The highest BCUT2D eigenvalue weighted by Gasteiger charge is 2.15. The summed E-state index contributed by atoms with van der Waals surface area (Å²) in [4.78, 5) is 26.5. The van der Waals surface area contributed by atoms with Gasteiger partial charge in [-0.2, -0.15) is 4.68 Å². The highest BCUT2D eigenvalue weighted by Crippen LogP contribution is 2.22. The van der Waals surface area contributed by atoms with Crippen molar-refractivity contribution >= 4 is 29.3 Å². The van der Waals surface area contributed by atoms with Crippen LogP contribution in [0.5, 0.6) is 0 Å². The van der Waals surface area contributed by atoms with Crippen molar-refractivity contribution in [1.29, 1.82) is 0 Å². The number of rotatable bonds is 8. The Kier molecular flexibility index (Phi) is 7.41. The molecule has 3 rings (SSSR count). The summed E-state index contributed by atoms with van der Waals surface area (Å²) in [5.74, 6) is -0.0366. The number of amides is 2. The number of aromatic nitrogens is 4. The van der Waals surface area contributed by atoms with Crippen LogP contribution in [0.1, 0.15) is 35.3 Å². The van der Waals surface area contributed by atoms with Gasteiger partial charge in [0.15, 0.2) is 0 Å². The van der Waals surface area contributed by atoms with Gasteiger partial charge in [0.1, 0.15) is 0 Å². The number of thioether (sulfide) groups is 1. The lowest BCUT2D eigenvalue weighted by molar-refractivity contribution is -0.113. The Morgan fingerprint density at radius 3 is 2.42 bits per heavy atom. The van der Waals surface area contributed by atoms with E-state index in [0.717, 1.165) is 16.8 Å². The Morgan fingerprint density at radius 2 is 1.77 bits per heavy atom. The fourth-order valence-corrected chi connectivity index (χ4v) is 3.86. The smallest absolute Gasteiger partial charge is 0.253 e. The van der Waals surface area contributed by atoms with Crippen LogP contribution in [-0.2, 0) is 4.79 Å². The van der Waals surface area contributed by atoms with Crippen LogP contribution in [0.2, 0.25) is 0 Å². The average Bonchev–Trinajstić information content (AvgIpc) is 3.22. The lowest BCUT2D eigenvalue weighted by Gasteiger charge is -2.18. The highest BCUT2D eigenvalue weighted by molar-refractivity contribution is 7.99. The lowest BCUT2D eigenvalue weighted by atomic mass is 10.1. The number of carbonyl (C=O) groups is 2. The van der Waals surface area contributed by atoms with E-state index in [0.29, 0.717) is 29.5 Å². The molecule has 8 nitrogen and oxygen atoms in total. The molecule has 1 N–H and O–H groups in total. The third-order valence-electron chi connectivity index (χ3n) is 4.82. The van der Waals surface area contributed by atoms with E-state index in [1.54, 1.807) is 33.8 Å². The van der Waals surface area contributed by atoms with Gasteiger partial charge in [-0.3, -0.25) is 9.59 Å². The number of nitrogens with one attached hydrogen (secondary N) is 1. The Bertz CT molecular complexity index is 1060. The minimum absolute atomic E-state index is 0.0170. The Balaban J connectivity index is 1.60. The van der Waals surface area contributed by atoms with Crippen LogP contribution in [0.4, 0.5) is 5.69 Å². The van der Waals surface area contributed by atoms with Gasteiger partial charge in [0.25, 0.3) is 5.91 Å². The van der Waals surface area contributed by atoms with Crippen molar-refractivity contribution in [2.45, 2.75) is 32.9 Å². The molecule has 1 aromatic heterocycles. The zero-order valence-electron chi connectivity index (χ0n) is 18.1. The van der Waals surface area contributed by atoms with Gasteiger partial charge in [0.05, 0.1) is 11.4 Å². The van der Waals surface area contributed by atoms with Crippen molar-refractivity contribution in [3.05, 3.63) is 59.2 Å². The molecule has 2 amide bonds. The summed E-state index contributed by atoms with van der Waals surface area (Å²) in [6.07, 6.45) is 0. The van der Waals surface area contributed by atoms with Crippen LogP contribution in [0, 0.1) is 13.8 Å². The second-order valence-electron chi connectivity index (χ2n) is 7.05. The van der Waals surface area contributed by atoms with E-state index < -0.39 is 0 Å². The molecule has 3 aromatic rings. The van der Waals surface area contributed by atoms with Crippen LogP contribution in [0.3, 0.4) is 0 Å². The first kappa shape index (κ1) is 22.5. The van der Waals surface area contributed by atoms with Gasteiger partial charge in [-0.1, -0.05) is 29.5 Å². The van der Waals surface area contributed by atoms with Gasteiger partial charge >= 0.3 is 0 Å². The molecule has 0 fully saturated rings. The molecule has 0 radical (unpaired) electrons. The van der Waals surface area contributed by atoms with E-state index in [1.807, 2.05) is 39.8 Å². The van der Waals surface area contributed by atoms with E-state index in [-0.39, 0.29) is 17.6 Å². The van der Waals surface area contributed by atoms with E-state index >= 15 is 0 Å². The van der Waals surface area contributed by atoms with Crippen LogP contribution in [-0.4, -0.2) is 55.8 Å². The zero-order chi connectivity index (χ0) is 22.4. The quantitative estimate of drug-likeness (QED) is 0.541. The molecule has 1 heterocycles. The average molecular weight is 439 g/mol. The largest absolute Gasteiger partial charge is 0.339 e. The van der Waals surface area contributed by atoms with Crippen molar-refractivity contribution in [1.82, 2.24) is 25.1 Å². The molecule has 2 aromatic carbocycles. The topological polar surface area (TPSA) is 93.0 Å². The van der Waals surface area contributed by atoms with Crippen molar-refractivity contribution < 1.29 is 9.59 Å². The van der Waals surface area contributed by atoms with Gasteiger partial charge in [0.2, 0.25) is 11.1 Å². The van der Waals surface area contributed by atoms with Gasteiger partial charge in [-0.25, -0.2) is 0 Å². The summed E-state index contributed by atoms with van der Waals surface area (Å²) in [6, 6.07) is 12.9. The molecule has 0 bridgehead atoms. The molecule has 31 heavy (non-hydrogen) atoms. The second kappa shape index (κ2) is 10.2. The molecule has 9 heteroatoms. The first-order valence-corrected chi connectivity index (χ1v) is 11.1. The minimum atomic E-state index is -0.178. The maximum atomic E-state index is 12.4. The molecule has 0 atom stereocenters. The third kappa shape index (κ3) is 5.49. The van der Waals surface area contributed by atoms with Gasteiger partial charge in [0, 0.05) is 24.3 Å². The predicted octanol–water partition coefficient (Wildman–Crippen LogP) is 3.49. The molecule has 0 aliphatic heterocycles. The number of hydrogen-bond donors (Lipinski definition) is 1. The summed E-state index contributed by atoms with van der Waals surface area (Å²) in [5.41, 5.74) is 4.33. The molecular weight excluding hydrogens is 412 g/mol. The van der Waals surface area contributed by atoms with E-state index in [1.165, 1.54) is 11.8 Å². The Labute approximate surface area is 186 Å². The molecule has 0 spiro atoms. The van der Waals surface area contributed by atoms with Crippen LogP contribution in [0.25, 0.3) is 5.69 Å². The van der Waals surface area contributed by atoms with Gasteiger partial charge in [-0.15, -0.1) is 5.10 Å². The molecular formula is C22H26N6O2S. The highest BCUT2D eigenvalue weighted by atomic mass is 32.2. The third-order valence-corrected chi connectivity index (χ3v) is 5.74. The number of nitrogens with zero attached hydrogens (tertiary/aromatic N) is 5. The second-order valence-corrected chi connectivity index (χ2v) is 8.00. The predicted molar refractivity (Wildman–Crippen MR) is 122 cm³/mol. The SMILES string of the molecule is CCN(CC)C(=O)c1ccc(NC(=O)CSc2nnnn2-c2ccc(C)cc2C)cc1. The molecule has 162 valence electrons. The van der Waals surface area contributed by atoms with E-state index in [2.05, 4.69) is 26.9 Å². The minimum Gasteiger partial charge on any atom is -0.339 e. The van der Waals surface area contributed by atoms with Gasteiger partial charge < -0.3 is 10.2 Å². The summed E-state index contributed by atoms with van der Waals surface area (Å²) in [5, 5.41) is 15.2. The Morgan fingerprint density at radius 1 is 1.06 bits per heavy atom. The maximum absolute atomic E-state index is 12.4. The van der Waals surface area contributed by atoms with Crippen molar-refractivity contribution in [3.63, 3.8) is 0 Å². The van der Waals surface area contributed by atoms with Crippen LogP contribution < -0.4 is 5.32 Å². The molecule has 0 saturated heterocycles. The lowest BCUT2D eigenvalue weighted by Crippen LogP contribution is -2.30. The fraction of sp³-hybridized carbons (Fsp3) is 0.318. The number of hydrogen-bond acceptors (Lipinski definition) is 6. The Hall–Kier alpha value is -3.20. The standard InChI is InChI=1S/C22H26N6O2S/c1-5-27(6-2)21(30)17-8-10-18(11-9-17)23-20(29)14-31-22-24-25-26-28(22)19-12-7-15(3)13-16(19)4/h7-13H,5-6,14H2,1-4H3,(H,23,29). The number of tetrazole rings is 1. The number of aryl methyl sites for hydroxylation is 2. The first-order valence-electron chi connectivity index (χ1n) is 10.1. The number of anilines is 1. The van der Waals surface area contributed by atoms with Crippen molar-refractivity contribution in [2.24, 2.45) is 0 Å². The monoisotopic (exact) mass is 438 g/mol. The number of carbonyl (C=O) groups excluding carboxylic acids is 2. The van der Waals surface area contributed by atoms with E-state index in [4.69, 9.17) is 0 Å². The maximum Gasteiger partial charge on any atom is 0.253 e. The summed E-state index contributed by atoms with van der Waals surface area (Å²) < 4.78 is 1.64. The molecule has 0 unspecified atom stereocenters. The fourth-order valence-electron chi connectivity index (χ4n) is 3.18. The number of benzene rings is 2. The van der Waals surface area contributed by atoms with Crippen LogP contribution in [0.15, 0.2) is 47.6 Å². The zero-order valence-corrected chi connectivity index (χ0v) is 18.9. The van der Waals surface area contributed by atoms with Crippen molar-refractivity contribution in [3.8, 4) is 5.69 Å². The molecule has 0 aliphatic rings.